The van der Waals surface area contributed by atoms with Gasteiger partial charge in [-0.25, -0.2) is 8.42 Å². The summed E-state index contributed by atoms with van der Waals surface area (Å²) in [4.78, 5) is 0.0854. The molecule has 0 bridgehead atoms. The van der Waals surface area contributed by atoms with Gasteiger partial charge < -0.3 is 9.47 Å². The first-order valence-electron chi connectivity index (χ1n) is 6.85. The van der Waals surface area contributed by atoms with Gasteiger partial charge in [-0.2, -0.15) is 15.4 Å². The molecule has 0 atom stereocenters. The Morgan fingerprint density at radius 3 is 2.74 bits per heavy atom. The molecule has 1 aromatic heterocycles. The number of hydrogen-bond acceptors (Lipinski definition) is 6. The summed E-state index contributed by atoms with van der Waals surface area (Å²) in [6.07, 6.45) is 0. The van der Waals surface area contributed by atoms with Gasteiger partial charge in [-0.05, 0) is 24.3 Å². The molecule has 2 N–H and O–H groups in total. The number of H-pyrrole nitrogens is 1. The van der Waals surface area contributed by atoms with Gasteiger partial charge in [-0.3, -0.25) is 4.72 Å². The van der Waals surface area contributed by atoms with Gasteiger partial charge in [0.25, 0.3) is 10.0 Å². The highest BCUT2D eigenvalue weighted by Gasteiger charge is 2.20. The number of nitrogens with zero attached hydrogens (tertiary/aromatic N) is 2. The Bertz CT molecular complexity index is 983. The van der Waals surface area contributed by atoms with E-state index in [4.69, 9.17) is 9.47 Å². The van der Waals surface area contributed by atoms with Crippen LogP contribution in [-0.4, -0.2) is 37.0 Å². The topological polar surface area (TPSA) is 106 Å². The Kier molecular flexibility index (Phi) is 3.08. The Morgan fingerprint density at radius 1 is 1.04 bits per heavy atom. The van der Waals surface area contributed by atoms with E-state index < -0.39 is 10.0 Å². The van der Waals surface area contributed by atoms with Crippen LogP contribution in [0.15, 0.2) is 41.3 Å². The van der Waals surface area contributed by atoms with Crippen molar-refractivity contribution in [3.63, 3.8) is 0 Å². The van der Waals surface area contributed by atoms with Gasteiger partial charge in [-0.15, -0.1) is 0 Å². The predicted molar refractivity (Wildman–Crippen MR) is 82.1 cm³/mol. The fourth-order valence-corrected chi connectivity index (χ4v) is 3.43. The highest BCUT2D eigenvalue weighted by Crippen LogP contribution is 2.33. The summed E-state index contributed by atoms with van der Waals surface area (Å²) >= 11 is 0. The van der Waals surface area contributed by atoms with Gasteiger partial charge in [0.1, 0.15) is 24.2 Å². The second kappa shape index (κ2) is 5.13. The molecule has 1 aliphatic heterocycles. The molecule has 0 fully saturated rings. The molecule has 0 spiro atoms. The van der Waals surface area contributed by atoms with E-state index in [2.05, 4.69) is 20.1 Å². The van der Waals surface area contributed by atoms with E-state index in [1.165, 1.54) is 12.1 Å². The maximum Gasteiger partial charge on any atom is 0.262 e. The standard InChI is InChI=1S/C14H12N4O4S/c19-23(20,9-4-5-12-13(8-9)22-7-6-21-12)17-11-3-1-2-10-14(11)16-18-15-10/h1-5,8,17H,6-7H2,(H,15,16,18). The second-order valence-corrected chi connectivity index (χ2v) is 6.59. The Hall–Kier alpha value is -2.81. The zero-order chi connectivity index (χ0) is 15.9. The quantitative estimate of drug-likeness (QED) is 0.753. The lowest BCUT2D eigenvalue weighted by Crippen LogP contribution is -2.17. The van der Waals surface area contributed by atoms with E-state index in [1.54, 1.807) is 24.3 Å². The highest BCUT2D eigenvalue weighted by atomic mass is 32.2. The molecule has 3 aromatic rings. The summed E-state index contributed by atoms with van der Waals surface area (Å²) in [6.45, 7) is 0.841. The van der Waals surface area contributed by atoms with Crippen LogP contribution in [0.2, 0.25) is 0 Å². The Labute approximate surface area is 131 Å². The number of ether oxygens (including phenoxy) is 2. The maximum atomic E-state index is 12.6. The van der Waals surface area contributed by atoms with Crippen molar-refractivity contribution in [1.82, 2.24) is 15.4 Å². The number of benzene rings is 2. The third kappa shape index (κ3) is 2.44. The average molecular weight is 332 g/mol. The number of aromatic nitrogens is 3. The van der Waals surface area contributed by atoms with Gasteiger partial charge in [0, 0.05) is 6.07 Å². The van der Waals surface area contributed by atoms with E-state index in [0.717, 1.165) is 0 Å². The van der Waals surface area contributed by atoms with Crippen LogP contribution in [0.1, 0.15) is 0 Å². The third-order valence-electron chi connectivity index (χ3n) is 3.42. The third-order valence-corrected chi connectivity index (χ3v) is 4.78. The molecule has 2 heterocycles. The first-order valence-corrected chi connectivity index (χ1v) is 8.34. The molecule has 118 valence electrons. The minimum atomic E-state index is -3.78. The van der Waals surface area contributed by atoms with Crippen molar-refractivity contribution in [3.8, 4) is 11.5 Å². The summed E-state index contributed by atoms with van der Waals surface area (Å²) in [7, 11) is -3.78. The predicted octanol–water partition coefficient (Wildman–Crippen LogP) is 1.53. The molecule has 2 aromatic carbocycles. The van der Waals surface area contributed by atoms with Gasteiger partial charge in [0.2, 0.25) is 0 Å². The normalized spacial score (nSPS) is 13.9. The highest BCUT2D eigenvalue weighted by molar-refractivity contribution is 7.92. The van der Waals surface area contributed by atoms with Gasteiger partial charge >= 0.3 is 0 Å². The molecular formula is C14H12N4O4S. The molecule has 9 heteroatoms. The first-order chi connectivity index (χ1) is 11.1. The largest absolute Gasteiger partial charge is 0.486 e. The molecule has 0 aliphatic carbocycles. The van der Waals surface area contributed by atoms with Crippen LogP contribution in [0.3, 0.4) is 0 Å². The first kappa shape index (κ1) is 13.8. The van der Waals surface area contributed by atoms with Crippen molar-refractivity contribution >= 4 is 26.7 Å². The molecular weight excluding hydrogens is 320 g/mol. The van der Waals surface area contributed by atoms with Crippen LogP contribution in [0.25, 0.3) is 11.0 Å². The monoisotopic (exact) mass is 332 g/mol. The van der Waals surface area contributed by atoms with Gasteiger partial charge in [-0.1, -0.05) is 6.07 Å². The van der Waals surface area contributed by atoms with Crippen LogP contribution in [-0.2, 0) is 10.0 Å². The summed E-state index contributed by atoms with van der Waals surface area (Å²) in [6, 6.07) is 9.56. The van der Waals surface area contributed by atoms with E-state index in [-0.39, 0.29) is 4.90 Å². The maximum absolute atomic E-state index is 12.6. The summed E-state index contributed by atoms with van der Waals surface area (Å²) in [5.41, 5.74) is 1.38. The fraction of sp³-hybridized carbons (Fsp3) is 0.143. The van der Waals surface area contributed by atoms with Crippen LogP contribution in [0.5, 0.6) is 11.5 Å². The summed E-state index contributed by atoms with van der Waals surface area (Å²) in [5, 5.41) is 10.4. The number of sulfonamides is 1. The minimum Gasteiger partial charge on any atom is -0.486 e. The molecule has 0 unspecified atom stereocenters. The number of nitrogens with one attached hydrogen (secondary N) is 2. The lowest BCUT2D eigenvalue weighted by atomic mass is 10.3. The van der Waals surface area contributed by atoms with E-state index in [9.17, 15) is 8.42 Å². The van der Waals surface area contributed by atoms with Gasteiger partial charge in [0.05, 0.1) is 10.6 Å². The number of hydrogen-bond donors (Lipinski definition) is 2. The molecule has 0 saturated carbocycles. The van der Waals surface area contributed by atoms with Crippen LogP contribution in [0.4, 0.5) is 5.69 Å². The number of aromatic amines is 1. The molecule has 23 heavy (non-hydrogen) atoms. The van der Waals surface area contributed by atoms with Crippen molar-refractivity contribution in [2.75, 3.05) is 17.9 Å². The number of fused-ring (bicyclic) bond motifs is 2. The molecule has 0 amide bonds. The summed E-state index contributed by atoms with van der Waals surface area (Å²) < 4.78 is 38.5. The second-order valence-electron chi connectivity index (χ2n) is 4.91. The lowest BCUT2D eigenvalue weighted by molar-refractivity contribution is 0.171. The van der Waals surface area contributed by atoms with E-state index >= 15 is 0 Å². The van der Waals surface area contributed by atoms with E-state index in [0.29, 0.717) is 41.4 Å². The van der Waals surface area contributed by atoms with Crippen molar-refractivity contribution in [3.05, 3.63) is 36.4 Å². The number of anilines is 1. The molecule has 8 nitrogen and oxygen atoms in total. The zero-order valence-corrected chi connectivity index (χ0v) is 12.6. The van der Waals surface area contributed by atoms with Crippen molar-refractivity contribution in [1.29, 1.82) is 0 Å². The molecule has 0 saturated heterocycles. The van der Waals surface area contributed by atoms with Crippen molar-refractivity contribution < 1.29 is 17.9 Å². The Morgan fingerprint density at radius 2 is 1.87 bits per heavy atom. The number of rotatable bonds is 3. The Balaban J connectivity index is 1.72. The van der Waals surface area contributed by atoms with Crippen LogP contribution < -0.4 is 14.2 Å². The average Bonchev–Trinajstić information content (AvgIpc) is 3.04. The lowest BCUT2D eigenvalue weighted by Gasteiger charge is -2.19. The zero-order valence-electron chi connectivity index (χ0n) is 11.8. The van der Waals surface area contributed by atoms with Crippen molar-refractivity contribution in [2.24, 2.45) is 0 Å². The van der Waals surface area contributed by atoms with Crippen molar-refractivity contribution in [2.45, 2.75) is 4.90 Å². The smallest absolute Gasteiger partial charge is 0.262 e. The summed E-state index contributed by atoms with van der Waals surface area (Å²) in [5.74, 6) is 0.951. The number of para-hydroxylation sites is 1. The van der Waals surface area contributed by atoms with Gasteiger partial charge in [0.15, 0.2) is 11.5 Å². The fourth-order valence-electron chi connectivity index (χ4n) is 2.34. The molecule has 0 radical (unpaired) electrons. The molecule has 4 rings (SSSR count). The minimum absolute atomic E-state index is 0.0854. The van der Waals surface area contributed by atoms with E-state index in [1.807, 2.05) is 0 Å². The van der Waals surface area contributed by atoms with Crippen LogP contribution in [0, 0.1) is 0 Å². The van der Waals surface area contributed by atoms with Crippen LogP contribution >= 0.6 is 0 Å². The molecule has 1 aliphatic rings. The SMILES string of the molecule is O=S(=O)(Nc1cccc2n[nH]nc12)c1ccc2c(c1)OCCO2.